The lowest BCUT2D eigenvalue weighted by Gasteiger charge is -2.14. The van der Waals surface area contributed by atoms with Crippen molar-refractivity contribution < 1.29 is 4.52 Å². The van der Waals surface area contributed by atoms with E-state index in [1.165, 1.54) is 5.56 Å². The maximum atomic E-state index is 6.02. The molecule has 0 atom stereocenters. The Kier molecular flexibility index (Phi) is 2.57. The zero-order valence-corrected chi connectivity index (χ0v) is 11.5. The van der Waals surface area contributed by atoms with Gasteiger partial charge < -0.3 is 10.3 Å². The molecule has 2 N–H and O–H groups in total. The summed E-state index contributed by atoms with van der Waals surface area (Å²) in [5, 5.41) is 4.27. The molecule has 0 amide bonds. The van der Waals surface area contributed by atoms with Gasteiger partial charge in [-0.2, -0.15) is 0 Å². The van der Waals surface area contributed by atoms with E-state index in [1.54, 1.807) is 12.4 Å². The molecule has 0 bridgehead atoms. The Bertz CT molecular complexity index is 761. The number of nitrogen functional groups attached to an aromatic ring is 1. The third kappa shape index (κ3) is 1.83. The summed E-state index contributed by atoms with van der Waals surface area (Å²) in [4.78, 5) is 4.17. The van der Waals surface area contributed by atoms with Crippen molar-refractivity contribution in [3.8, 4) is 11.1 Å². The van der Waals surface area contributed by atoms with Crippen molar-refractivity contribution in [3.63, 3.8) is 0 Å². The Morgan fingerprint density at radius 2 is 1.86 bits per heavy atom. The molecule has 1 fully saturated rings. The Labute approximate surface area is 122 Å². The van der Waals surface area contributed by atoms with Crippen molar-refractivity contribution >= 4 is 5.88 Å². The topological polar surface area (TPSA) is 64.9 Å². The molecule has 0 unspecified atom stereocenters. The first kappa shape index (κ1) is 12.1. The van der Waals surface area contributed by atoms with Crippen molar-refractivity contribution in [3.05, 3.63) is 66.1 Å². The van der Waals surface area contributed by atoms with Gasteiger partial charge in [-0.05, 0) is 24.5 Å². The van der Waals surface area contributed by atoms with E-state index in [9.17, 15) is 0 Å². The summed E-state index contributed by atoms with van der Waals surface area (Å²) in [5.41, 5.74) is 9.99. The quantitative estimate of drug-likeness (QED) is 0.797. The van der Waals surface area contributed by atoms with Crippen LogP contribution in [-0.2, 0) is 5.41 Å². The largest absolute Gasteiger partial charge is 0.367 e. The lowest BCUT2D eigenvalue weighted by molar-refractivity contribution is 0.422. The molecule has 2 aromatic heterocycles. The van der Waals surface area contributed by atoms with Crippen LogP contribution in [0.4, 0.5) is 5.88 Å². The molecule has 4 nitrogen and oxygen atoms in total. The molecule has 1 saturated carbocycles. The third-order valence-corrected chi connectivity index (χ3v) is 4.20. The molecule has 1 aromatic carbocycles. The van der Waals surface area contributed by atoms with Crippen molar-refractivity contribution in [2.75, 3.05) is 5.73 Å². The van der Waals surface area contributed by atoms with Crippen LogP contribution in [0, 0.1) is 0 Å². The standard InChI is InChI=1S/C17H15N3O/c18-16-14(12-5-4-10-19-11-12)15(20-21-16)17(8-9-17)13-6-2-1-3-7-13/h1-7,10-11H,8-9,18H2. The number of benzene rings is 1. The van der Waals surface area contributed by atoms with Crippen LogP contribution >= 0.6 is 0 Å². The average Bonchev–Trinajstić information content (AvgIpc) is 3.26. The van der Waals surface area contributed by atoms with E-state index in [4.69, 9.17) is 10.3 Å². The number of nitrogens with zero attached hydrogens (tertiary/aromatic N) is 2. The fourth-order valence-electron chi connectivity index (χ4n) is 2.96. The van der Waals surface area contributed by atoms with E-state index in [0.717, 1.165) is 29.7 Å². The minimum absolute atomic E-state index is 0.0619. The summed E-state index contributed by atoms with van der Waals surface area (Å²) in [5.74, 6) is 0.361. The fraction of sp³-hybridized carbons (Fsp3) is 0.176. The Morgan fingerprint density at radius 1 is 1.05 bits per heavy atom. The molecule has 1 aliphatic rings. The van der Waals surface area contributed by atoms with Gasteiger partial charge in [0, 0.05) is 23.4 Å². The number of anilines is 1. The normalized spacial score (nSPS) is 15.8. The molecule has 0 aliphatic heterocycles. The summed E-state index contributed by atoms with van der Waals surface area (Å²) in [6.45, 7) is 0. The van der Waals surface area contributed by atoms with Crippen LogP contribution in [0.25, 0.3) is 11.1 Å². The summed E-state index contributed by atoms with van der Waals surface area (Å²) in [6.07, 6.45) is 5.68. The highest BCUT2D eigenvalue weighted by Crippen LogP contribution is 2.56. The minimum Gasteiger partial charge on any atom is -0.367 e. The van der Waals surface area contributed by atoms with E-state index in [2.05, 4.69) is 34.4 Å². The maximum absolute atomic E-state index is 6.02. The van der Waals surface area contributed by atoms with Crippen molar-refractivity contribution in [1.82, 2.24) is 10.1 Å². The summed E-state index contributed by atoms with van der Waals surface area (Å²) < 4.78 is 5.30. The highest BCUT2D eigenvalue weighted by atomic mass is 16.5. The number of hydrogen-bond donors (Lipinski definition) is 1. The number of aromatic nitrogens is 2. The number of hydrogen-bond acceptors (Lipinski definition) is 4. The second-order valence-corrected chi connectivity index (χ2v) is 5.46. The Morgan fingerprint density at radius 3 is 2.52 bits per heavy atom. The van der Waals surface area contributed by atoms with Gasteiger partial charge in [-0.15, -0.1) is 0 Å². The lowest BCUT2D eigenvalue weighted by atomic mass is 9.88. The molecule has 104 valence electrons. The third-order valence-electron chi connectivity index (χ3n) is 4.20. The van der Waals surface area contributed by atoms with Crippen LogP contribution in [0.15, 0.2) is 59.4 Å². The van der Waals surface area contributed by atoms with Gasteiger partial charge in [0.1, 0.15) is 5.69 Å². The van der Waals surface area contributed by atoms with Crippen molar-refractivity contribution in [2.45, 2.75) is 18.3 Å². The van der Waals surface area contributed by atoms with Gasteiger partial charge in [0.15, 0.2) is 0 Å². The zero-order valence-electron chi connectivity index (χ0n) is 11.5. The highest BCUT2D eigenvalue weighted by molar-refractivity contribution is 5.77. The Balaban J connectivity index is 1.88. The average molecular weight is 277 g/mol. The summed E-state index contributed by atoms with van der Waals surface area (Å²) >= 11 is 0. The zero-order chi connectivity index (χ0) is 14.3. The molecular weight excluding hydrogens is 262 g/mol. The number of rotatable bonds is 3. The number of pyridine rings is 1. The van der Waals surface area contributed by atoms with Gasteiger partial charge in [-0.3, -0.25) is 4.98 Å². The van der Waals surface area contributed by atoms with Crippen LogP contribution < -0.4 is 5.73 Å². The molecule has 21 heavy (non-hydrogen) atoms. The molecule has 0 radical (unpaired) electrons. The maximum Gasteiger partial charge on any atom is 0.230 e. The van der Waals surface area contributed by atoms with Crippen LogP contribution in [0.5, 0.6) is 0 Å². The first-order chi connectivity index (χ1) is 10.3. The second kappa shape index (κ2) is 4.45. The molecule has 0 saturated heterocycles. The van der Waals surface area contributed by atoms with E-state index in [1.807, 2.05) is 18.2 Å². The summed E-state index contributed by atoms with van der Waals surface area (Å²) in [6, 6.07) is 14.3. The molecular formula is C17H15N3O. The highest BCUT2D eigenvalue weighted by Gasteiger charge is 2.50. The smallest absolute Gasteiger partial charge is 0.230 e. The van der Waals surface area contributed by atoms with E-state index < -0.39 is 0 Å². The van der Waals surface area contributed by atoms with E-state index in [0.29, 0.717) is 5.88 Å². The first-order valence-electron chi connectivity index (χ1n) is 7.03. The van der Waals surface area contributed by atoms with Gasteiger partial charge in [0.25, 0.3) is 0 Å². The van der Waals surface area contributed by atoms with Gasteiger partial charge in [0.2, 0.25) is 5.88 Å². The van der Waals surface area contributed by atoms with Gasteiger partial charge in [-0.1, -0.05) is 41.6 Å². The second-order valence-electron chi connectivity index (χ2n) is 5.46. The molecule has 1 aliphatic carbocycles. The molecule has 4 heteroatoms. The van der Waals surface area contributed by atoms with Crippen molar-refractivity contribution in [1.29, 1.82) is 0 Å². The first-order valence-corrected chi connectivity index (χ1v) is 7.03. The van der Waals surface area contributed by atoms with Crippen molar-refractivity contribution in [2.24, 2.45) is 0 Å². The van der Waals surface area contributed by atoms with E-state index >= 15 is 0 Å². The molecule has 4 rings (SSSR count). The summed E-state index contributed by atoms with van der Waals surface area (Å²) in [7, 11) is 0. The molecule has 2 heterocycles. The minimum atomic E-state index is -0.0619. The molecule has 3 aromatic rings. The molecule has 0 spiro atoms. The fourth-order valence-corrected chi connectivity index (χ4v) is 2.96. The predicted molar refractivity (Wildman–Crippen MR) is 80.6 cm³/mol. The van der Waals surface area contributed by atoms with Crippen LogP contribution in [0.2, 0.25) is 0 Å². The van der Waals surface area contributed by atoms with Crippen LogP contribution in [0.3, 0.4) is 0 Å². The van der Waals surface area contributed by atoms with Gasteiger partial charge >= 0.3 is 0 Å². The Hall–Kier alpha value is -2.62. The SMILES string of the molecule is Nc1onc(C2(c3ccccc3)CC2)c1-c1cccnc1. The van der Waals surface area contributed by atoms with Crippen LogP contribution in [0.1, 0.15) is 24.1 Å². The predicted octanol–water partition coefficient (Wildman–Crippen LogP) is 3.40. The van der Waals surface area contributed by atoms with E-state index in [-0.39, 0.29) is 5.41 Å². The van der Waals surface area contributed by atoms with Gasteiger partial charge in [0.05, 0.1) is 5.56 Å². The van der Waals surface area contributed by atoms with Gasteiger partial charge in [-0.25, -0.2) is 0 Å². The lowest BCUT2D eigenvalue weighted by Crippen LogP contribution is -2.10. The van der Waals surface area contributed by atoms with Crippen LogP contribution in [-0.4, -0.2) is 10.1 Å². The monoisotopic (exact) mass is 277 g/mol. The number of nitrogens with two attached hydrogens (primary N) is 1.